The van der Waals surface area contributed by atoms with E-state index in [0.717, 1.165) is 11.2 Å². The topological polar surface area (TPSA) is 43.3 Å². The fourth-order valence-corrected chi connectivity index (χ4v) is 2.72. The van der Waals surface area contributed by atoms with Gasteiger partial charge in [-0.3, -0.25) is 4.40 Å². The summed E-state index contributed by atoms with van der Waals surface area (Å²) in [6, 6.07) is 5.70. The molecule has 86 valence electrons. The van der Waals surface area contributed by atoms with Gasteiger partial charge in [-0.25, -0.2) is 4.98 Å². The Bertz CT molecular complexity index is 751. The van der Waals surface area contributed by atoms with E-state index in [9.17, 15) is 0 Å². The maximum atomic E-state index is 6.28. The van der Waals surface area contributed by atoms with Crippen LogP contribution in [0.15, 0.2) is 28.9 Å². The van der Waals surface area contributed by atoms with Crippen molar-refractivity contribution in [3.63, 3.8) is 0 Å². The molecule has 0 aliphatic carbocycles. The van der Waals surface area contributed by atoms with Crippen LogP contribution < -0.4 is 5.73 Å². The molecule has 2 aromatic heterocycles. The second-order valence-corrected chi connectivity index (χ2v) is 5.14. The summed E-state index contributed by atoms with van der Waals surface area (Å²) in [4.78, 5) is 4.43. The van der Waals surface area contributed by atoms with Crippen molar-refractivity contribution in [3.8, 4) is 0 Å². The molecule has 0 amide bonds. The second-order valence-electron chi connectivity index (χ2n) is 3.59. The first-order chi connectivity index (χ1) is 8.11. The molecule has 6 heteroatoms. The first-order valence-electron chi connectivity index (χ1n) is 4.80. The maximum Gasteiger partial charge on any atom is 0.138 e. The van der Waals surface area contributed by atoms with Crippen molar-refractivity contribution >= 4 is 61.5 Å². The summed E-state index contributed by atoms with van der Waals surface area (Å²) < 4.78 is 2.48. The van der Waals surface area contributed by atoms with Gasteiger partial charge in [-0.1, -0.05) is 29.3 Å². The number of benzene rings is 1. The fraction of sp³-hybridized carbons (Fsp3) is 0. The van der Waals surface area contributed by atoms with Gasteiger partial charge in [0.2, 0.25) is 0 Å². The smallest absolute Gasteiger partial charge is 0.138 e. The molecule has 3 nitrogen and oxygen atoms in total. The van der Waals surface area contributed by atoms with Crippen LogP contribution in [-0.2, 0) is 0 Å². The van der Waals surface area contributed by atoms with Crippen molar-refractivity contribution in [1.82, 2.24) is 9.38 Å². The van der Waals surface area contributed by atoms with Crippen LogP contribution in [0.1, 0.15) is 0 Å². The number of nitrogen functional groups attached to an aromatic ring is 1. The zero-order valence-corrected chi connectivity index (χ0v) is 11.5. The molecular formula is C11H6BrCl2N3. The van der Waals surface area contributed by atoms with Gasteiger partial charge in [0.25, 0.3) is 0 Å². The van der Waals surface area contributed by atoms with E-state index in [1.165, 1.54) is 0 Å². The van der Waals surface area contributed by atoms with Crippen LogP contribution in [0.3, 0.4) is 0 Å². The molecule has 2 N–H and O–H groups in total. The molecule has 2 heterocycles. The SMILES string of the molecule is Nc1c(Cl)c(Br)c(Cl)c2c1nc1ccccn12. The predicted octanol–water partition coefficient (Wildman–Crippen LogP) is 4.14. The summed E-state index contributed by atoms with van der Waals surface area (Å²) in [7, 11) is 0. The van der Waals surface area contributed by atoms with E-state index in [0.29, 0.717) is 25.7 Å². The normalized spacial score (nSPS) is 11.5. The summed E-state index contributed by atoms with van der Waals surface area (Å²) in [6.07, 6.45) is 1.89. The number of imidazole rings is 1. The highest BCUT2D eigenvalue weighted by molar-refractivity contribution is 9.10. The Balaban J connectivity index is 2.67. The molecule has 0 spiro atoms. The van der Waals surface area contributed by atoms with Crippen LogP contribution in [-0.4, -0.2) is 9.38 Å². The number of hydrogen-bond acceptors (Lipinski definition) is 2. The van der Waals surface area contributed by atoms with Gasteiger partial charge in [-0.15, -0.1) is 0 Å². The molecular weight excluding hydrogens is 325 g/mol. The van der Waals surface area contributed by atoms with Crippen molar-refractivity contribution in [3.05, 3.63) is 38.9 Å². The number of hydrogen-bond donors (Lipinski definition) is 1. The minimum Gasteiger partial charge on any atom is -0.396 e. The third kappa shape index (κ3) is 1.44. The lowest BCUT2D eigenvalue weighted by atomic mass is 10.2. The Morgan fingerprint density at radius 1 is 1.24 bits per heavy atom. The molecule has 0 radical (unpaired) electrons. The van der Waals surface area contributed by atoms with Gasteiger partial charge in [0.15, 0.2) is 0 Å². The Morgan fingerprint density at radius 3 is 2.76 bits per heavy atom. The van der Waals surface area contributed by atoms with Crippen molar-refractivity contribution in [2.24, 2.45) is 0 Å². The van der Waals surface area contributed by atoms with E-state index in [-0.39, 0.29) is 0 Å². The van der Waals surface area contributed by atoms with E-state index in [2.05, 4.69) is 20.9 Å². The molecule has 0 aliphatic heterocycles. The minimum absolute atomic E-state index is 0.394. The quantitative estimate of drug-likeness (QED) is 0.497. The highest BCUT2D eigenvalue weighted by atomic mass is 79.9. The van der Waals surface area contributed by atoms with Crippen molar-refractivity contribution in [2.45, 2.75) is 0 Å². The van der Waals surface area contributed by atoms with Crippen LogP contribution in [0.2, 0.25) is 10.0 Å². The second kappa shape index (κ2) is 3.77. The minimum atomic E-state index is 0.394. The molecule has 0 unspecified atom stereocenters. The Morgan fingerprint density at radius 2 is 2.00 bits per heavy atom. The number of rotatable bonds is 0. The molecule has 0 atom stereocenters. The maximum absolute atomic E-state index is 6.28. The van der Waals surface area contributed by atoms with Gasteiger partial charge in [0, 0.05) is 6.20 Å². The molecule has 0 fully saturated rings. The van der Waals surface area contributed by atoms with Gasteiger partial charge in [-0.05, 0) is 28.1 Å². The van der Waals surface area contributed by atoms with Gasteiger partial charge < -0.3 is 5.73 Å². The van der Waals surface area contributed by atoms with Gasteiger partial charge in [0.1, 0.15) is 11.2 Å². The fourth-order valence-electron chi connectivity index (χ4n) is 1.82. The summed E-state index contributed by atoms with van der Waals surface area (Å²) in [5.74, 6) is 0. The molecule has 17 heavy (non-hydrogen) atoms. The molecule has 0 aliphatic rings. The van der Waals surface area contributed by atoms with E-state index in [4.69, 9.17) is 28.9 Å². The van der Waals surface area contributed by atoms with Crippen LogP contribution in [0.25, 0.3) is 16.7 Å². The Labute approximate surface area is 115 Å². The van der Waals surface area contributed by atoms with Crippen LogP contribution in [0.5, 0.6) is 0 Å². The monoisotopic (exact) mass is 329 g/mol. The number of nitrogens with zero attached hydrogens (tertiary/aromatic N) is 2. The summed E-state index contributed by atoms with van der Waals surface area (Å²) in [6.45, 7) is 0. The average molecular weight is 331 g/mol. The average Bonchev–Trinajstić information content (AvgIpc) is 2.73. The number of halogens is 3. The molecule has 1 aromatic carbocycles. The molecule has 3 aromatic rings. The van der Waals surface area contributed by atoms with E-state index in [1.807, 2.05) is 28.8 Å². The zero-order chi connectivity index (χ0) is 12.2. The molecule has 3 rings (SSSR count). The van der Waals surface area contributed by atoms with Crippen molar-refractivity contribution < 1.29 is 0 Å². The first-order valence-corrected chi connectivity index (χ1v) is 6.35. The Hall–Kier alpha value is -0.970. The lowest BCUT2D eigenvalue weighted by Gasteiger charge is -2.05. The lowest BCUT2D eigenvalue weighted by molar-refractivity contribution is 1.23. The molecule has 0 saturated heterocycles. The number of aromatic nitrogens is 2. The van der Waals surface area contributed by atoms with Crippen molar-refractivity contribution in [2.75, 3.05) is 5.73 Å². The van der Waals surface area contributed by atoms with E-state index >= 15 is 0 Å². The summed E-state index contributed by atoms with van der Waals surface area (Å²) in [5, 5.41) is 0.906. The first kappa shape index (κ1) is 11.1. The number of nitrogens with two attached hydrogens (primary N) is 1. The van der Waals surface area contributed by atoms with Crippen molar-refractivity contribution in [1.29, 1.82) is 0 Å². The lowest BCUT2D eigenvalue weighted by Crippen LogP contribution is -1.91. The predicted molar refractivity (Wildman–Crippen MR) is 74.8 cm³/mol. The zero-order valence-electron chi connectivity index (χ0n) is 8.42. The number of anilines is 1. The molecule has 0 bridgehead atoms. The highest BCUT2D eigenvalue weighted by Gasteiger charge is 2.18. The Kier molecular flexibility index (Phi) is 2.47. The van der Waals surface area contributed by atoms with E-state index in [1.54, 1.807) is 0 Å². The number of pyridine rings is 1. The number of fused-ring (bicyclic) bond motifs is 3. The van der Waals surface area contributed by atoms with Gasteiger partial charge in [0.05, 0.1) is 25.7 Å². The van der Waals surface area contributed by atoms with E-state index < -0.39 is 0 Å². The van der Waals surface area contributed by atoms with Gasteiger partial charge in [-0.2, -0.15) is 0 Å². The molecule has 0 saturated carbocycles. The van der Waals surface area contributed by atoms with Gasteiger partial charge >= 0.3 is 0 Å². The summed E-state index contributed by atoms with van der Waals surface area (Å²) in [5.41, 5.74) is 8.55. The van der Waals surface area contributed by atoms with Crippen LogP contribution in [0, 0.1) is 0 Å². The third-order valence-electron chi connectivity index (χ3n) is 2.61. The third-order valence-corrected chi connectivity index (χ3v) is 4.62. The van der Waals surface area contributed by atoms with Crippen LogP contribution >= 0.6 is 39.1 Å². The highest BCUT2D eigenvalue weighted by Crippen LogP contribution is 2.41. The standard InChI is InChI=1S/C11H6BrCl2N3/c12-6-7(13)9(15)10-11(8(6)14)17-4-2-1-3-5(17)16-10/h1-4H,15H2. The largest absolute Gasteiger partial charge is 0.396 e. The van der Waals surface area contributed by atoms with Crippen LogP contribution in [0.4, 0.5) is 5.69 Å². The summed E-state index contributed by atoms with van der Waals surface area (Å²) >= 11 is 15.7.